The van der Waals surface area contributed by atoms with Crippen molar-refractivity contribution in [3.8, 4) is 0 Å². The second-order valence-corrected chi connectivity index (χ2v) is 2.38. The molecule has 1 unspecified atom stereocenters. The highest BCUT2D eigenvalue weighted by molar-refractivity contribution is 5.51. The monoisotopic (exact) mass is 104 g/mol. The molecule has 2 aliphatic rings. The van der Waals surface area contributed by atoms with Crippen LogP contribution in [0, 0.1) is 5.92 Å². The fraction of sp³-hybridized carbons (Fsp3) is 0.250. The van der Waals surface area contributed by atoms with Crippen LogP contribution in [0.5, 0.6) is 0 Å². The third kappa shape index (κ3) is 0.313. The molecule has 40 valence electrons. The van der Waals surface area contributed by atoms with E-state index in [9.17, 15) is 0 Å². The van der Waals surface area contributed by atoms with Gasteiger partial charge in [0.15, 0.2) is 0 Å². The van der Waals surface area contributed by atoms with Crippen LogP contribution in [-0.4, -0.2) is 0 Å². The van der Waals surface area contributed by atoms with E-state index in [0.717, 1.165) is 0 Å². The quantitative estimate of drug-likeness (QED) is 0.441. The Morgan fingerprint density at radius 3 is 2.25 bits per heavy atom. The number of allylic oxidation sites excluding steroid dienone is 6. The summed E-state index contributed by atoms with van der Waals surface area (Å²) in [6, 6.07) is 0. The molecule has 0 aromatic rings. The van der Waals surface area contributed by atoms with Crippen LogP contribution >= 0.6 is 0 Å². The highest BCUT2D eigenvalue weighted by atomic mass is 14.2. The van der Waals surface area contributed by atoms with Gasteiger partial charge in [0.05, 0.1) is 0 Å². The van der Waals surface area contributed by atoms with Crippen LogP contribution in [0.4, 0.5) is 0 Å². The Morgan fingerprint density at radius 1 is 1.25 bits per heavy atom. The third-order valence-corrected chi connectivity index (χ3v) is 1.85. The second-order valence-electron chi connectivity index (χ2n) is 2.38. The SMILES string of the molecule is CC1=C2C=CC2C=C1. The minimum atomic E-state index is 0.690. The lowest BCUT2D eigenvalue weighted by atomic mass is 9.90. The van der Waals surface area contributed by atoms with Gasteiger partial charge in [-0.05, 0) is 18.1 Å². The average Bonchev–Trinajstić information content (AvgIpc) is 1.80. The van der Waals surface area contributed by atoms with Gasteiger partial charge in [-0.25, -0.2) is 0 Å². The zero-order chi connectivity index (χ0) is 5.56. The first kappa shape index (κ1) is 4.13. The van der Waals surface area contributed by atoms with Crippen LogP contribution in [0.25, 0.3) is 0 Å². The molecule has 1 atom stereocenters. The van der Waals surface area contributed by atoms with Crippen LogP contribution in [0.15, 0.2) is 35.5 Å². The smallest absolute Gasteiger partial charge is 0.0207 e. The van der Waals surface area contributed by atoms with Crippen molar-refractivity contribution in [3.05, 3.63) is 35.5 Å². The van der Waals surface area contributed by atoms with Crippen molar-refractivity contribution in [2.45, 2.75) is 6.92 Å². The summed E-state index contributed by atoms with van der Waals surface area (Å²) in [5, 5.41) is 0. The minimum absolute atomic E-state index is 0.690. The van der Waals surface area contributed by atoms with Gasteiger partial charge in [0.1, 0.15) is 0 Å². The van der Waals surface area contributed by atoms with Crippen molar-refractivity contribution >= 4 is 0 Å². The van der Waals surface area contributed by atoms with E-state index in [0.29, 0.717) is 5.92 Å². The van der Waals surface area contributed by atoms with Crippen molar-refractivity contribution < 1.29 is 0 Å². The largest absolute Gasteiger partial charge is 0.0730 e. The predicted octanol–water partition coefficient (Wildman–Crippen LogP) is 2.06. The van der Waals surface area contributed by atoms with Gasteiger partial charge in [0, 0.05) is 5.92 Å². The fourth-order valence-electron chi connectivity index (χ4n) is 1.21. The van der Waals surface area contributed by atoms with Gasteiger partial charge in [0.2, 0.25) is 0 Å². The summed E-state index contributed by atoms with van der Waals surface area (Å²) in [4.78, 5) is 0. The molecule has 0 aromatic heterocycles. The molecule has 0 nitrogen and oxygen atoms in total. The van der Waals surface area contributed by atoms with Gasteiger partial charge >= 0.3 is 0 Å². The maximum Gasteiger partial charge on any atom is 0.0207 e. The fourth-order valence-corrected chi connectivity index (χ4v) is 1.21. The molecule has 0 aliphatic heterocycles. The van der Waals surface area contributed by atoms with Crippen LogP contribution in [0.1, 0.15) is 6.92 Å². The molecule has 0 saturated heterocycles. The first-order valence-corrected chi connectivity index (χ1v) is 2.95. The highest BCUT2D eigenvalue weighted by Gasteiger charge is 2.18. The molecule has 2 aliphatic carbocycles. The summed E-state index contributed by atoms with van der Waals surface area (Å²) in [5.41, 5.74) is 2.96. The second kappa shape index (κ2) is 1.13. The standard InChI is InChI=1S/C8H8/c1-6-2-3-7-4-5-8(6)7/h2-5,7H,1H3. The molecule has 2 rings (SSSR count). The number of rotatable bonds is 0. The Bertz CT molecular complexity index is 204. The molecule has 0 bridgehead atoms. The van der Waals surface area contributed by atoms with Crippen LogP contribution in [0.2, 0.25) is 0 Å². The van der Waals surface area contributed by atoms with E-state index in [1.54, 1.807) is 0 Å². The van der Waals surface area contributed by atoms with Crippen LogP contribution in [-0.2, 0) is 0 Å². The first-order chi connectivity index (χ1) is 3.88. The summed E-state index contributed by atoms with van der Waals surface area (Å²) in [5.74, 6) is 0.690. The van der Waals surface area contributed by atoms with Gasteiger partial charge in [-0.2, -0.15) is 0 Å². The van der Waals surface area contributed by atoms with Crippen molar-refractivity contribution in [3.63, 3.8) is 0 Å². The van der Waals surface area contributed by atoms with Crippen molar-refractivity contribution in [2.75, 3.05) is 0 Å². The minimum Gasteiger partial charge on any atom is -0.0730 e. The normalized spacial score (nSPS) is 30.9. The molecule has 8 heavy (non-hydrogen) atoms. The Hall–Kier alpha value is -0.780. The lowest BCUT2D eigenvalue weighted by molar-refractivity contribution is 0.954. The molecule has 0 N–H and O–H groups in total. The van der Waals surface area contributed by atoms with E-state index < -0.39 is 0 Å². The summed E-state index contributed by atoms with van der Waals surface area (Å²) in [6.07, 6.45) is 8.85. The Balaban J connectivity index is 2.53. The summed E-state index contributed by atoms with van der Waals surface area (Å²) < 4.78 is 0. The molecule has 0 heterocycles. The van der Waals surface area contributed by atoms with Crippen LogP contribution < -0.4 is 0 Å². The van der Waals surface area contributed by atoms with E-state index in [2.05, 4.69) is 31.2 Å². The molecule has 0 fully saturated rings. The molecule has 0 heteroatoms. The molecule has 0 saturated carbocycles. The predicted molar refractivity (Wildman–Crippen MR) is 34.5 cm³/mol. The number of hydrogen-bond acceptors (Lipinski definition) is 0. The van der Waals surface area contributed by atoms with E-state index in [-0.39, 0.29) is 0 Å². The van der Waals surface area contributed by atoms with Gasteiger partial charge in [-0.3, -0.25) is 0 Å². The van der Waals surface area contributed by atoms with Gasteiger partial charge in [-0.1, -0.05) is 24.3 Å². The zero-order valence-electron chi connectivity index (χ0n) is 4.89. The average molecular weight is 104 g/mol. The van der Waals surface area contributed by atoms with Crippen LogP contribution in [0.3, 0.4) is 0 Å². The number of hydrogen-bond donors (Lipinski definition) is 0. The Kier molecular flexibility index (Phi) is 0.587. The van der Waals surface area contributed by atoms with Gasteiger partial charge in [0.25, 0.3) is 0 Å². The summed E-state index contributed by atoms with van der Waals surface area (Å²) in [7, 11) is 0. The molecular weight excluding hydrogens is 96.1 g/mol. The Morgan fingerprint density at radius 2 is 2.00 bits per heavy atom. The maximum absolute atomic E-state index is 2.24. The Labute approximate surface area is 49.2 Å². The van der Waals surface area contributed by atoms with E-state index in [1.807, 2.05) is 0 Å². The van der Waals surface area contributed by atoms with Crippen molar-refractivity contribution in [2.24, 2.45) is 5.92 Å². The van der Waals surface area contributed by atoms with E-state index in [4.69, 9.17) is 0 Å². The zero-order valence-corrected chi connectivity index (χ0v) is 4.89. The van der Waals surface area contributed by atoms with Crippen molar-refractivity contribution in [1.82, 2.24) is 0 Å². The topological polar surface area (TPSA) is 0 Å². The third-order valence-electron chi connectivity index (χ3n) is 1.85. The lowest BCUT2D eigenvalue weighted by Crippen LogP contribution is -2.00. The molecular formula is C8H8. The summed E-state index contributed by atoms with van der Waals surface area (Å²) >= 11 is 0. The first-order valence-electron chi connectivity index (χ1n) is 2.95. The van der Waals surface area contributed by atoms with Crippen molar-refractivity contribution in [1.29, 1.82) is 0 Å². The summed E-state index contributed by atoms with van der Waals surface area (Å²) in [6.45, 7) is 2.16. The number of fused-ring (bicyclic) bond motifs is 1. The lowest BCUT2D eigenvalue weighted by Gasteiger charge is -2.14. The van der Waals surface area contributed by atoms with Gasteiger partial charge < -0.3 is 0 Å². The van der Waals surface area contributed by atoms with E-state index >= 15 is 0 Å². The molecule has 0 aromatic carbocycles. The van der Waals surface area contributed by atoms with E-state index in [1.165, 1.54) is 11.1 Å². The van der Waals surface area contributed by atoms with Gasteiger partial charge in [-0.15, -0.1) is 0 Å². The molecule has 0 radical (unpaired) electrons. The maximum atomic E-state index is 2.24. The molecule has 0 spiro atoms. The highest BCUT2D eigenvalue weighted by Crippen LogP contribution is 2.34. The molecule has 0 amide bonds.